The molecule has 0 saturated heterocycles. The van der Waals surface area contributed by atoms with Crippen molar-refractivity contribution in [3.05, 3.63) is 93.4 Å². The van der Waals surface area contributed by atoms with Crippen LogP contribution in [0.5, 0.6) is 0 Å². The van der Waals surface area contributed by atoms with Gasteiger partial charge in [0.1, 0.15) is 28.9 Å². The molecule has 9 nitrogen and oxygen atoms in total. The summed E-state index contributed by atoms with van der Waals surface area (Å²) in [5, 5.41) is 9.86. The second-order valence-electron chi connectivity index (χ2n) is 8.88. The predicted octanol–water partition coefficient (Wildman–Crippen LogP) is 3.47. The normalized spacial score (nSPS) is 11.6. The molecule has 0 aliphatic rings. The Hall–Kier alpha value is -3.99. The van der Waals surface area contributed by atoms with Crippen LogP contribution in [0.4, 0.5) is 4.39 Å². The third-order valence-electron chi connectivity index (χ3n) is 5.71. The van der Waals surface area contributed by atoms with Crippen LogP contribution in [0.1, 0.15) is 19.4 Å². The summed E-state index contributed by atoms with van der Waals surface area (Å²) in [6.45, 7) is 4.80. The maximum absolute atomic E-state index is 13.5. The number of benzene rings is 2. The molecule has 3 aromatic heterocycles. The van der Waals surface area contributed by atoms with Gasteiger partial charge in [-0.2, -0.15) is 10.2 Å². The molecule has 0 saturated carbocycles. The van der Waals surface area contributed by atoms with Gasteiger partial charge < -0.3 is 0 Å². The van der Waals surface area contributed by atoms with Crippen LogP contribution in [-0.2, 0) is 20.1 Å². The van der Waals surface area contributed by atoms with Gasteiger partial charge in [-0.15, -0.1) is 0 Å². The van der Waals surface area contributed by atoms with Crippen LogP contribution in [-0.4, -0.2) is 33.7 Å². The minimum Gasteiger partial charge on any atom is -0.276 e. The Balaban J connectivity index is 1.65. The average Bonchev–Trinajstić information content (AvgIpc) is 3.51. The van der Waals surface area contributed by atoms with Crippen molar-refractivity contribution in [3.8, 4) is 5.69 Å². The van der Waals surface area contributed by atoms with Crippen LogP contribution in [0.3, 0.4) is 0 Å². The van der Waals surface area contributed by atoms with Crippen LogP contribution >= 0.6 is 11.8 Å². The number of rotatable bonds is 7. The Morgan fingerprint density at radius 1 is 1.03 bits per heavy atom. The first-order chi connectivity index (χ1) is 17.3. The average molecular weight is 506 g/mol. The summed E-state index contributed by atoms with van der Waals surface area (Å²) >= 11 is 1.32. The van der Waals surface area contributed by atoms with Gasteiger partial charge in [0, 0.05) is 18.5 Å². The van der Waals surface area contributed by atoms with Gasteiger partial charge in [0.05, 0.1) is 12.2 Å². The van der Waals surface area contributed by atoms with E-state index < -0.39 is 11.2 Å². The SMILES string of the molecule is CC(C)Cn1c(=O)n(C)c(=O)c2c(Sc3ccc(F)cc3)n(Cc3ccc(-n4cncn4)cc3)nc21. The zero-order valence-electron chi connectivity index (χ0n) is 20.0. The van der Waals surface area contributed by atoms with Gasteiger partial charge in [-0.3, -0.25) is 18.6 Å². The fourth-order valence-electron chi connectivity index (χ4n) is 3.96. The van der Waals surface area contributed by atoms with E-state index in [-0.39, 0.29) is 11.7 Å². The van der Waals surface area contributed by atoms with Crippen molar-refractivity contribution in [2.24, 2.45) is 13.0 Å². The molecule has 36 heavy (non-hydrogen) atoms. The van der Waals surface area contributed by atoms with Crippen LogP contribution in [0.15, 0.2) is 80.7 Å². The highest BCUT2D eigenvalue weighted by atomic mass is 32.2. The Morgan fingerprint density at radius 2 is 1.75 bits per heavy atom. The van der Waals surface area contributed by atoms with E-state index in [0.29, 0.717) is 29.1 Å². The molecule has 0 fully saturated rings. The second-order valence-corrected chi connectivity index (χ2v) is 9.94. The van der Waals surface area contributed by atoms with Crippen LogP contribution in [0.25, 0.3) is 16.7 Å². The summed E-state index contributed by atoms with van der Waals surface area (Å²) < 4.78 is 19.6. The van der Waals surface area contributed by atoms with Gasteiger partial charge in [0.2, 0.25) is 0 Å². The summed E-state index contributed by atoms with van der Waals surface area (Å²) in [5.41, 5.74) is 1.35. The number of hydrogen-bond acceptors (Lipinski definition) is 6. The molecule has 0 unspecified atom stereocenters. The summed E-state index contributed by atoms with van der Waals surface area (Å²) in [5.74, 6) is -0.169. The summed E-state index contributed by atoms with van der Waals surface area (Å²) in [6.07, 6.45) is 3.09. The molecule has 0 aliphatic heterocycles. The largest absolute Gasteiger partial charge is 0.332 e. The lowest BCUT2D eigenvalue weighted by Gasteiger charge is -2.10. The first-order valence-corrected chi connectivity index (χ1v) is 12.2. The van der Waals surface area contributed by atoms with Crippen molar-refractivity contribution in [3.63, 3.8) is 0 Å². The molecule has 5 rings (SSSR count). The van der Waals surface area contributed by atoms with Crippen molar-refractivity contribution in [1.29, 1.82) is 0 Å². The third-order valence-corrected chi connectivity index (χ3v) is 6.82. The van der Waals surface area contributed by atoms with E-state index in [1.54, 1.807) is 32.4 Å². The molecule has 0 radical (unpaired) electrons. The maximum Gasteiger partial charge on any atom is 0.332 e. The zero-order valence-corrected chi connectivity index (χ0v) is 20.8. The Bertz CT molecular complexity index is 1630. The number of fused-ring (bicyclic) bond motifs is 1. The van der Waals surface area contributed by atoms with Crippen molar-refractivity contribution in [2.45, 2.75) is 36.9 Å². The number of aromatic nitrogens is 7. The van der Waals surface area contributed by atoms with E-state index in [2.05, 4.69) is 10.1 Å². The second kappa shape index (κ2) is 9.57. The lowest BCUT2D eigenvalue weighted by molar-refractivity contribution is 0.497. The molecule has 5 aromatic rings. The first kappa shape index (κ1) is 23.7. The molecule has 11 heteroatoms. The monoisotopic (exact) mass is 505 g/mol. The Labute approximate surface area is 209 Å². The standard InChI is InChI=1S/C25H24FN7O2S/c1-16(2)12-31-22-21(23(34)30(3)25(31)35)24(36-20-10-6-18(26)7-11-20)32(29-22)13-17-4-8-19(9-5-17)33-15-27-14-28-33/h4-11,14-16H,12-13H2,1-3H3. The minimum atomic E-state index is -0.410. The van der Waals surface area contributed by atoms with Crippen LogP contribution in [0, 0.1) is 11.7 Å². The first-order valence-electron chi connectivity index (χ1n) is 11.4. The molecule has 0 spiro atoms. The van der Waals surface area contributed by atoms with Gasteiger partial charge in [-0.1, -0.05) is 37.7 Å². The van der Waals surface area contributed by atoms with Gasteiger partial charge in [-0.25, -0.2) is 18.9 Å². The summed E-state index contributed by atoms with van der Waals surface area (Å²) in [4.78, 5) is 31.0. The molecular formula is C25H24FN7O2S. The van der Waals surface area contributed by atoms with Crippen LogP contribution < -0.4 is 11.2 Å². The maximum atomic E-state index is 13.5. The molecule has 0 bridgehead atoms. The molecule has 184 valence electrons. The van der Waals surface area contributed by atoms with E-state index in [0.717, 1.165) is 20.7 Å². The molecule has 3 heterocycles. The number of hydrogen-bond donors (Lipinski definition) is 0. The van der Waals surface area contributed by atoms with E-state index in [1.165, 1.54) is 37.3 Å². The van der Waals surface area contributed by atoms with Crippen molar-refractivity contribution in [1.82, 2.24) is 33.7 Å². The highest BCUT2D eigenvalue weighted by Crippen LogP contribution is 2.32. The molecule has 0 aliphatic carbocycles. The van der Waals surface area contributed by atoms with E-state index in [9.17, 15) is 14.0 Å². The topological polar surface area (TPSA) is 92.5 Å². The zero-order chi connectivity index (χ0) is 25.4. The highest BCUT2D eigenvalue weighted by molar-refractivity contribution is 7.99. The molecule has 0 amide bonds. The van der Waals surface area contributed by atoms with Crippen molar-refractivity contribution < 1.29 is 4.39 Å². The van der Waals surface area contributed by atoms with Crippen molar-refractivity contribution >= 4 is 22.8 Å². The quantitative estimate of drug-likeness (QED) is 0.336. The lowest BCUT2D eigenvalue weighted by atomic mass is 10.2. The highest BCUT2D eigenvalue weighted by Gasteiger charge is 2.22. The van der Waals surface area contributed by atoms with Gasteiger partial charge in [0.15, 0.2) is 5.65 Å². The smallest absolute Gasteiger partial charge is 0.276 e. The third kappa shape index (κ3) is 4.49. The molecular weight excluding hydrogens is 481 g/mol. The Morgan fingerprint density at radius 3 is 2.39 bits per heavy atom. The van der Waals surface area contributed by atoms with Crippen molar-refractivity contribution in [2.75, 3.05) is 0 Å². The van der Waals surface area contributed by atoms with Gasteiger partial charge in [-0.05, 0) is 47.9 Å². The number of nitrogens with zero attached hydrogens (tertiary/aromatic N) is 7. The lowest BCUT2D eigenvalue weighted by Crippen LogP contribution is -2.38. The van der Waals surface area contributed by atoms with Crippen LogP contribution in [0.2, 0.25) is 0 Å². The predicted molar refractivity (Wildman–Crippen MR) is 135 cm³/mol. The summed E-state index contributed by atoms with van der Waals surface area (Å²) in [7, 11) is 1.48. The molecule has 0 atom stereocenters. The van der Waals surface area contributed by atoms with E-state index in [4.69, 9.17) is 5.10 Å². The fraction of sp³-hybridized carbons (Fsp3) is 0.240. The molecule has 2 aromatic carbocycles. The number of halogens is 1. The van der Waals surface area contributed by atoms with Gasteiger partial charge >= 0.3 is 5.69 Å². The molecule has 0 N–H and O–H groups in total. The van der Waals surface area contributed by atoms with Gasteiger partial charge in [0.25, 0.3) is 5.56 Å². The van der Waals surface area contributed by atoms with E-state index in [1.807, 2.05) is 38.1 Å². The minimum absolute atomic E-state index is 0.172. The summed E-state index contributed by atoms with van der Waals surface area (Å²) in [6, 6.07) is 13.8. The fourth-order valence-corrected chi connectivity index (χ4v) is 4.95. The Kier molecular flexibility index (Phi) is 6.31. The van der Waals surface area contributed by atoms with E-state index >= 15 is 0 Å².